The zero-order chi connectivity index (χ0) is 25.5. The van der Waals surface area contributed by atoms with Crippen LogP contribution in [0, 0.1) is 11.2 Å². The number of aryl methyl sites for hydroxylation is 1. The Kier molecular flexibility index (Phi) is 8.49. The van der Waals surface area contributed by atoms with Crippen LogP contribution < -0.4 is 9.64 Å². The van der Waals surface area contributed by atoms with Crippen molar-refractivity contribution in [2.45, 2.75) is 44.9 Å². The van der Waals surface area contributed by atoms with Gasteiger partial charge in [-0.3, -0.25) is 9.59 Å². The molecule has 0 unspecified atom stereocenters. The Hall–Kier alpha value is -3.09. The summed E-state index contributed by atoms with van der Waals surface area (Å²) in [6.07, 6.45) is 5.59. The number of halogens is 1. The van der Waals surface area contributed by atoms with Crippen molar-refractivity contribution in [3.8, 4) is 5.75 Å². The van der Waals surface area contributed by atoms with Crippen LogP contribution in [0.15, 0.2) is 48.5 Å². The molecule has 1 fully saturated rings. The molecule has 2 heterocycles. The van der Waals surface area contributed by atoms with Gasteiger partial charge < -0.3 is 19.4 Å². The van der Waals surface area contributed by atoms with Crippen LogP contribution in [0.4, 0.5) is 10.1 Å². The van der Waals surface area contributed by atoms with Crippen molar-refractivity contribution in [1.29, 1.82) is 0 Å². The van der Waals surface area contributed by atoms with Gasteiger partial charge in [0.1, 0.15) is 18.2 Å². The predicted octanol–water partition coefficient (Wildman–Crippen LogP) is 4.52. The molecule has 0 aliphatic carbocycles. The van der Waals surface area contributed by atoms with E-state index in [0.717, 1.165) is 37.1 Å². The van der Waals surface area contributed by atoms with Gasteiger partial charge in [0, 0.05) is 45.8 Å². The number of likely N-dealkylation sites (N-methyl/N-ethyl adjacent to an activating group) is 1. The van der Waals surface area contributed by atoms with Crippen LogP contribution in [-0.2, 0) is 16.0 Å². The lowest BCUT2D eigenvalue weighted by Gasteiger charge is -2.43. The summed E-state index contributed by atoms with van der Waals surface area (Å²) >= 11 is 0. The third-order valence-electron chi connectivity index (χ3n) is 7.81. The molecule has 0 bridgehead atoms. The van der Waals surface area contributed by atoms with Crippen LogP contribution >= 0.6 is 0 Å². The molecule has 1 saturated heterocycles. The fourth-order valence-electron chi connectivity index (χ4n) is 5.43. The summed E-state index contributed by atoms with van der Waals surface area (Å²) in [6, 6.07) is 14.5. The minimum absolute atomic E-state index is 0.109. The summed E-state index contributed by atoms with van der Waals surface area (Å²) in [5, 5.41) is 0. The maximum atomic E-state index is 13.6. The number of carbonyl (C=O) groups is 2. The summed E-state index contributed by atoms with van der Waals surface area (Å²) in [7, 11) is 3.78. The number of piperidine rings is 1. The lowest BCUT2D eigenvalue weighted by Crippen LogP contribution is -2.51. The lowest BCUT2D eigenvalue weighted by atomic mass is 9.73. The first-order chi connectivity index (χ1) is 17.4. The summed E-state index contributed by atoms with van der Waals surface area (Å²) < 4.78 is 19.2. The third kappa shape index (κ3) is 6.18. The van der Waals surface area contributed by atoms with Gasteiger partial charge in [-0.15, -0.1) is 0 Å². The minimum Gasteiger partial charge on any atom is -0.491 e. The van der Waals surface area contributed by atoms with Gasteiger partial charge in [-0.25, -0.2) is 4.39 Å². The number of benzene rings is 2. The predicted molar refractivity (Wildman–Crippen MR) is 140 cm³/mol. The average molecular weight is 496 g/mol. The molecule has 0 radical (unpaired) electrons. The number of carbonyl (C=O) groups excluding carboxylic acids is 2. The molecule has 2 aliphatic heterocycles. The average Bonchev–Trinajstić information content (AvgIpc) is 2.90. The Balaban J connectivity index is 1.34. The first-order valence-electron chi connectivity index (χ1n) is 13.1. The van der Waals surface area contributed by atoms with E-state index in [1.807, 2.05) is 40.9 Å². The van der Waals surface area contributed by atoms with E-state index in [-0.39, 0.29) is 17.6 Å². The molecular weight excluding hydrogens is 457 g/mol. The van der Waals surface area contributed by atoms with Crippen molar-refractivity contribution in [3.63, 3.8) is 0 Å². The second kappa shape index (κ2) is 11.8. The fraction of sp³-hybridized carbons (Fsp3) is 0.517. The molecule has 2 aliphatic rings. The molecule has 0 aromatic heterocycles. The normalized spacial score (nSPS) is 18.6. The van der Waals surface area contributed by atoms with Crippen LogP contribution in [0.25, 0.3) is 0 Å². The van der Waals surface area contributed by atoms with Crippen molar-refractivity contribution in [1.82, 2.24) is 9.80 Å². The van der Waals surface area contributed by atoms with Crippen molar-refractivity contribution >= 4 is 17.5 Å². The van der Waals surface area contributed by atoms with Gasteiger partial charge in [-0.1, -0.05) is 24.6 Å². The third-order valence-corrected chi connectivity index (χ3v) is 7.81. The van der Waals surface area contributed by atoms with Crippen LogP contribution in [-0.4, -0.2) is 68.5 Å². The molecule has 1 spiro atoms. The SMILES string of the molecule is CN1CCOc2ccccc2CCCCC2(CCN(C(=O)CCN(C)c3ccc(F)cc3)CC2)C1=O. The molecule has 7 heteroatoms. The molecule has 4 rings (SSSR count). The number of likely N-dealkylation sites (tertiary alicyclic amines) is 1. The van der Waals surface area contributed by atoms with Crippen LogP contribution in [0.5, 0.6) is 5.75 Å². The quantitative estimate of drug-likeness (QED) is 0.626. The van der Waals surface area contributed by atoms with Gasteiger partial charge in [-0.2, -0.15) is 0 Å². The molecule has 0 N–H and O–H groups in total. The highest BCUT2D eigenvalue weighted by atomic mass is 19.1. The van der Waals surface area contributed by atoms with Crippen LogP contribution in [0.3, 0.4) is 0 Å². The van der Waals surface area contributed by atoms with E-state index >= 15 is 0 Å². The summed E-state index contributed by atoms with van der Waals surface area (Å²) in [4.78, 5) is 32.2. The van der Waals surface area contributed by atoms with Gasteiger partial charge in [0.2, 0.25) is 11.8 Å². The zero-order valence-electron chi connectivity index (χ0n) is 21.5. The van der Waals surface area contributed by atoms with Crippen molar-refractivity contribution in [2.24, 2.45) is 5.41 Å². The summed E-state index contributed by atoms with van der Waals surface area (Å²) in [5.41, 5.74) is 1.71. The molecule has 2 amide bonds. The molecule has 2 aromatic carbocycles. The molecule has 36 heavy (non-hydrogen) atoms. The van der Waals surface area contributed by atoms with Gasteiger partial charge >= 0.3 is 0 Å². The Labute approximate surface area is 214 Å². The van der Waals surface area contributed by atoms with Gasteiger partial charge in [-0.05, 0) is 68.0 Å². The summed E-state index contributed by atoms with van der Waals surface area (Å²) in [5.74, 6) is 0.945. The van der Waals surface area contributed by atoms with Crippen molar-refractivity contribution in [3.05, 3.63) is 59.9 Å². The lowest BCUT2D eigenvalue weighted by molar-refractivity contribution is -0.148. The maximum absolute atomic E-state index is 13.6. The minimum atomic E-state index is -0.408. The molecule has 0 saturated carbocycles. The van der Waals surface area contributed by atoms with Crippen LogP contribution in [0.1, 0.15) is 44.1 Å². The Morgan fingerprint density at radius 3 is 2.50 bits per heavy atom. The smallest absolute Gasteiger partial charge is 0.228 e. The number of hydrogen-bond donors (Lipinski definition) is 0. The topological polar surface area (TPSA) is 53.1 Å². The van der Waals surface area contributed by atoms with E-state index in [1.165, 1.54) is 17.7 Å². The van der Waals surface area contributed by atoms with Gasteiger partial charge in [0.05, 0.1) is 12.0 Å². The molecule has 2 aromatic rings. The van der Waals surface area contributed by atoms with Crippen LogP contribution in [0.2, 0.25) is 0 Å². The number of nitrogens with zero attached hydrogens (tertiary/aromatic N) is 3. The van der Waals surface area contributed by atoms with E-state index < -0.39 is 5.41 Å². The fourth-order valence-corrected chi connectivity index (χ4v) is 5.43. The van der Waals surface area contributed by atoms with E-state index in [4.69, 9.17) is 4.74 Å². The Bertz CT molecular complexity index is 1030. The van der Waals surface area contributed by atoms with E-state index in [2.05, 4.69) is 12.1 Å². The number of amides is 2. The molecule has 194 valence electrons. The van der Waals surface area contributed by atoms with Gasteiger partial charge in [0.25, 0.3) is 0 Å². The number of para-hydroxylation sites is 1. The number of rotatable bonds is 4. The van der Waals surface area contributed by atoms with Gasteiger partial charge in [0.15, 0.2) is 0 Å². The molecule has 0 atom stereocenters. The van der Waals surface area contributed by atoms with E-state index in [9.17, 15) is 14.0 Å². The summed E-state index contributed by atoms with van der Waals surface area (Å²) in [6.45, 7) is 2.81. The van der Waals surface area contributed by atoms with Crippen molar-refractivity contribution in [2.75, 3.05) is 51.8 Å². The standard InChI is InChI=1S/C29H38FN3O3/c1-31(25-12-10-24(30)11-13-25)18-14-27(34)33-19-16-29(17-20-33)15-6-5-8-23-7-3-4-9-26(23)36-22-21-32(2)28(29)35/h3-4,7,9-13H,5-6,8,14-22H2,1-2H3. The zero-order valence-corrected chi connectivity index (χ0v) is 21.5. The van der Waals surface area contributed by atoms with Crippen molar-refractivity contribution < 1.29 is 18.7 Å². The number of hydrogen-bond acceptors (Lipinski definition) is 4. The monoisotopic (exact) mass is 495 g/mol. The Morgan fingerprint density at radius 1 is 1.03 bits per heavy atom. The molecule has 6 nitrogen and oxygen atoms in total. The first-order valence-corrected chi connectivity index (χ1v) is 13.1. The Morgan fingerprint density at radius 2 is 1.75 bits per heavy atom. The molecular formula is C29H38FN3O3. The van der Waals surface area contributed by atoms with E-state index in [0.29, 0.717) is 52.0 Å². The number of fused-ring (bicyclic) bond motifs is 1. The number of ether oxygens (including phenoxy) is 1. The highest BCUT2D eigenvalue weighted by Crippen LogP contribution is 2.39. The van der Waals surface area contributed by atoms with E-state index in [1.54, 1.807) is 12.1 Å². The highest BCUT2D eigenvalue weighted by Gasteiger charge is 2.43. The highest BCUT2D eigenvalue weighted by molar-refractivity contribution is 5.83. The second-order valence-corrected chi connectivity index (χ2v) is 10.2. The number of anilines is 1. The second-order valence-electron chi connectivity index (χ2n) is 10.2. The largest absolute Gasteiger partial charge is 0.491 e. The first kappa shape index (κ1) is 26.0. The maximum Gasteiger partial charge on any atom is 0.228 e.